The van der Waals surface area contributed by atoms with Crippen LogP contribution >= 0.6 is 58.0 Å². The second-order valence-electron chi connectivity index (χ2n) is 6.33. The fourth-order valence-electron chi connectivity index (χ4n) is 2.60. The number of amides is 1. The van der Waals surface area contributed by atoms with E-state index < -0.39 is 10.8 Å². The lowest BCUT2D eigenvalue weighted by molar-refractivity contribution is -0.389. The lowest BCUT2D eigenvalue weighted by atomic mass is 10.3. The number of carbonyl (C=O) groups excluding carboxylic acids is 1. The predicted molar refractivity (Wildman–Crippen MR) is 120 cm³/mol. The molecule has 14 heteroatoms. The highest BCUT2D eigenvalue weighted by atomic mass is 35.5. The Morgan fingerprint density at radius 2 is 1.78 bits per heavy atom. The summed E-state index contributed by atoms with van der Waals surface area (Å²) in [6, 6.07) is 4.35. The molecule has 3 rings (SSSR count). The number of nitrogens with zero attached hydrogens (tertiary/aromatic N) is 3. The number of rotatable bonds is 8. The van der Waals surface area contributed by atoms with Crippen LogP contribution in [0.2, 0.25) is 25.1 Å². The van der Waals surface area contributed by atoms with Gasteiger partial charge in [0.25, 0.3) is 5.91 Å². The van der Waals surface area contributed by atoms with Crippen LogP contribution in [0.15, 0.2) is 22.6 Å². The third-order valence-corrected chi connectivity index (χ3v) is 6.42. The van der Waals surface area contributed by atoms with Crippen molar-refractivity contribution in [2.75, 3.05) is 6.54 Å². The van der Waals surface area contributed by atoms with Crippen LogP contribution in [0.3, 0.4) is 0 Å². The van der Waals surface area contributed by atoms with Crippen molar-refractivity contribution in [2.24, 2.45) is 0 Å². The van der Waals surface area contributed by atoms with Crippen LogP contribution in [0.4, 0.5) is 5.82 Å². The fraction of sp³-hybridized carbons (Fsp3) is 0.222. The number of nitrogens with one attached hydrogen (secondary N) is 1. The van der Waals surface area contributed by atoms with E-state index in [1.807, 2.05) is 0 Å². The van der Waals surface area contributed by atoms with Gasteiger partial charge in [-0.1, -0.05) is 58.0 Å². The maximum atomic E-state index is 12.3. The van der Waals surface area contributed by atoms with E-state index in [1.54, 1.807) is 6.92 Å². The lowest BCUT2D eigenvalue weighted by Gasteiger charge is -2.12. The number of halogens is 5. The molecule has 0 radical (unpaired) electrons. The molecular weight excluding hydrogens is 529 g/mol. The molecule has 9 nitrogen and oxygen atoms in total. The van der Waals surface area contributed by atoms with E-state index in [-0.39, 0.29) is 62.1 Å². The maximum absolute atomic E-state index is 12.3. The Morgan fingerprint density at radius 1 is 1.16 bits per heavy atom. The van der Waals surface area contributed by atoms with Gasteiger partial charge < -0.3 is 24.6 Å². The standard InChI is InChI=1S/C18H13Cl5N4O5/c1-8-6-11(27(29)30)25-26(8)5-4-24-18(28)10-3-2-9(32-10)7-31-17-15(22)13(20)12(19)14(21)16(17)23/h2-3,6H,4-5,7H2,1H3,(H,24,28). The van der Waals surface area contributed by atoms with Crippen LogP contribution in [0.5, 0.6) is 5.75 Å². The molecule has 2 heterocycles. The first-order chi connectivity index (χ1) is 15.1. The van der Waals surface area contributed by atoms with E-state index >= 15 is 0 Å². The van der Waals surface area contributed by atoms with E-state index in [1.165, 1.54) is 22.9 Å². The van der Waals surface area contributed by atoms with Crippen molar-refractivity contribution in [3.05, 3.63) is 70.6 Å². The number of nitro groups is 1. The molecule has 2 aromatic heterocycles. The number of aryl methyl sites for hydroxylation is 1. The smallest absolute Gasteiger partial charge is 0.390 e. The van der Waals surface area contributed by atoms with Crippen LogP contribution in [0, 0.1) is 17.0 Å². The van der Waals surface area contributed by atoms with Crippen molar-refractivity contribution in [3.63, 3.8) is 0 Å². The van der Waals surface area contributed by atoms with Crippen LogP contribution < -0.4 is 10.1 Å². The first-order valence-electron chi connectivity index (χ1n) is 8.80. The quantitative estimate of drug-likeness (QED) is 0.162. The molecule has 0 aliphatic heterocycles. The molecule has 0 aliphatic carbocycles. The summed E-state index contributed by atoms with van der Waals surface area (Å²) in [5.74, 6) is -0.366. The largest absolute Gasteiger partial charge is 0.482 e. The number of furan rings is 1. The second-order valence-corrected chi connectivity index (χ2v) is 8.22. The van der Waals surface area contributed by atoms with Gasteiger partial charge in [-0.2, -0.15) is 4.68 Å². The zero-order chi connectivity index (χ0) is 23.6. The number of benzene rings is 1. The van der Waals surface area contributed by atoms with Crippen molar-refractivity contribution in [1.82, 2.24) is 15.1 Å². The molecule has 0 fully saturated rings. The van der Waals surface area contributed by atoms with Crippen molar-refractivity contribution in [1.29, 1.82) is 0 Å². The van der Waals surface area contributed by atoms with Crippen LogP contribution in [-0.2, 0) is 13.2 Å². The van der Waals surface area contributed by atoms with Crippen LogP contribution in [0.1, 0.15) is 22.0 Å². The SMILES string of the molecule is Cc1cc([N+](=O)[O-])nn1CCNC(=O)c1ccc(COc2c(Cl)c(Cl)c(Cl)c(Cl)c2Cl)o1. The summed E-state index contributed by atoms with van der Waals surface area (Å²) in [6.45, 7) is 1.99. The van der Waals surface area contributed by atoms with Gasteiger partial charge in [-0.05, 0) is 24.0 Å². The highest BCUT2D eigenvalue weighted by Crippen LogP contribution is 2.48. The van der Waals surface area contributed by atoms with Gasteiger partial charge in [-0.3, -0.25) is 4.79 Å². The predicted octanol–water partition coefficient (Wildman–Crippen LogP) is 5.97. The summed E-state index contributed by atoms with van der Waals surface area (Å²) in [5.41, 5.74) is 0.600. The summed E-state index contributed by atoms with van der Waals surface area (Å²) in [4.78, 5) is 22.5. The topological polar surface area (TPSA) is 112 Å². The summed E-state index contributed by atoms with van der Waals surface area (Å²) >= 11 is 30.2. The highest BCUT2D eigenvalue weighted by Gasteiger charge is 2.21. The van der Waals surface area contributed by atoms with Gasteiger partial charge in [-0.25, -0.2) is 0 Å². The molecule has 0 unspecified atom stereocenters. The van der Waals surface area contributed by atoms with E-state index in [2.05, 4.69) is 10.4 Å². The Morgan fingerprint density at radius 3 is 2.38 bits per heavy atom. The molecule has 0 aliphatic rings. The third-order valence-electron chi connectivity index (χ3n) is 4.18. The number of hydrogen-bond acceptors (Lipinski definition) is 6. The first kappa shape index (κ1) is 24.5. The minimum atomic E-state index is -0.583. The Hall–Kier alpha value is -2.17. The minimum Gasteiger partial charge on any atom is -0.482 e. The number of carbonyl (C=O) groups is 1. The van der Waals surface area contributed by atoms with Gasteiger partial charge in [-0.15, -0.1) is 0 Å². The molecule has 0 bridgehead atoms. The molecule has 170 valence electrons. The van der Waals surface area contributed by atoms with Gasteiger partial charge in [0, 0.05) is 6.54 Å². The molecule has 0 spiro atoms. The normalized spacial score (nSPS) is 10.9. The maximum Gasteiger partial charge on any atom is 0.390 e. The lowest BCUT2D eigenvalue weighted by Crippen LogP contribution is -2.27. The van der Waals surface area contributed by atoms with E-state index in [0.717, 1.165) is 0 Å². The molecule has 1 aromatic carbocycles. The Labute approximate surface area is 206 Å². The third kappa shape index (κ3) is 5.24. The van der Waals surface area contributed by atoms with Crippen molar-refractivity contribution >= 4 is 69.7 Å². The fourth-order valence-corrected chi connectivity index (χ4v) is 3.83. The highest BCUT2D eigenvalue weighted by molar-refractivity contribution is 6.55. The number of aromatic nitrogens is 2. The molecule has 0 saturated carbocycles. The van der Waals surface area contributed by atoms with Crippen molar-refractivity contribution < 1.29 is 18.9 Å². The second kappa shape index (κ2) is 10.2. The molecule has 0 saturated heterocycles. The van der Waals surface area contributed by atoms with Crippen LogP contribution in [-0.4, -0.2) is 27.2 Å². The molecular formula is C18H13Cl5N4O5. The Kier molecular flexibility index (Phi) is 7.79. The molecule has 32 heavy (non-hydrogen) atoms. The summed E-state index contributed by atoms with van der Waals surface area (Å²) in [5, 5.41) is 17.2. The van der Waals surface area contributed by atoms with Gasteiger partial charge in [0.15, 0.2) is 11.5 Å². The van der Waals surface area contributed by atoms with Gasteiger partial charge in [0.05, 0.1) is 38.5 Å². The molecule has 3 aromatic rings. The minimum absolute atomic E-state index is 0.00463. The summed E-state index contributed by atoms with van der Waals surface area (Å²) < 4.78 is 12.4. The van der Waals surface area contributed by atoms with Crippen molar-refractivity contribution in [3.8, 4) is 5.75 Å². The zero-order valence-electron chi connectivity index (χ0n) is 16.1. The average molecular weight is 543 g/mol. The van der Waals surface area contributed by atoms with Gasteiger partial charge in [0.1, 0.15) is 22.4 Å². The molecule has 0 atom stereocenters. The van der Waals surface area contributed by atoms with Gasteiger partial charge >= 0.3 is 5.82 Å². The number of hydrogen-bond donors (Lipinski definition) is 1. The molecule has 1 amide bonds. The van der Waals surface area contributed by atoms with E-state index in [9.17, 15) is 14.9 Å². The first-order valence-corrected chi connectivity index (χ1v) is 10.7. The van der Waals surface area contributed by atoms with Crippen molar-refractivity contribution in [2.45, 2.75) is 20.1 Å². The Bertz CT molecular complexity index is 1160. The zero-order valence-corrected chi connectivity index (χ0v) is 19.9. The van der Waals surface area contributed by atoms with Crippen LogP contribution in [0.25, 0.3) is 0 Å². The van der Waals surface area contributed by atoms with Gasteiger partial charge in [0.2, 0.25) is 0 Å². The number of ether oxygens (including phenoxy) is 1. The molecule has 1 N–H and O–H groups in total. The summed E-state index contributed by atoms with van der Waals surface area (Å²) in [6.07, 6.45) is 0. The summed E-state index contributed by atoms with van der Waals surface area (Å²) in [7, 11) is 0. The van der Waals surface area contributed by atoms with E-state index in [4.69, 9.17) is 67.2 Å². The monoisotopic (exact) mass is 540 g/mol. The van der Waals surface area contributed by atoms with E-state index in [0.29, 0.717) is 11.5 Å². The average Bonchev–Trinajstić information content (AvgIpc) is 3.38. The Balaban J connectivity index is 1.58.